The number of aliphatic hydroxyl groups excluding tert-OH is 1. The maximum Gasteiger partial charge on any atom is 0.142 e. The molecule has 2 aromatic rings. The van der Waals surface area contributed by atoms with E-state index in [2.05, 4.69) is 48.0 Å². The first-order valence-corrected chi connectivity index (χ1v) is 8.92. The van der Waals surface area contributed by atoms with Gasteiger partial charge >= 0.3 is 0 Å². The molecular formula is C21H26N2O2. The summed E-state index contributed by atoms with van der Waals surface area (Å²) in [5.74, 6) is 0.462. The smallest absolute Gasteiger partial charge is 0.142 e. The first-order valence-electron chi connectivity index (χ1n) is 8.92. The summed E-state index contributed by atoms with van der Waals surface area (Å²) in [5.41, 5.74) is 5.68. The lowest BCUT2D eigenvalue weighted by Crippen LogP contribution is -2.37. The molecule has 0 saturated heterocycles. The number of hydrogen-bond acceptors (Lipinski definition) is 4. The van der Waals surface area contributed by atoms with Gasteiger partial charge in [-0.3, -0.25) is 4.98 Å². The maximum atomic E-state index is 11.2. The van der Waals surface area contributed by atoms with Gasteiger partial charge in [0, 0.05) is 36.6 Å². The average Bonchev–Trinajstić information content (AvgIpc) is 2.62. The van der Waals surface area contributed by atoms with Gasteiger partial charge in [-0.05, 0) is 53.6 Å². The fraction of sp³-hybridized carbons (Fsp3) is 0.429. The third kappa shape index (κ3) is 3.45. The Labute approximate surface area is 149 Å². The largest absolute Gasteiger partial charge is 0.396 e. The SMILES string of the molecule is CC(C)[C@@H](CO)c1cncc(-c2ccc3c(c2)CCC(C=O)N3C)c1. The van der Waals surface area contributed by atoms with Gasteiger partial charge in [0.25, 0.3) is 0 Å². The number of benzene rings is 1. The second kappa shape index (κ2) is 7.36. The van der Waals surface area contributed by atoms with Gasteiger partial charge < -0.3 is 14.8 Å². The Morgan fingerprint density at radius 2 is 2.08 bits per heavy atom. The molecule has 1 aliphatic rings. The average molecular weight is 338 g/mol. The summed E-state index contributed by atoms with van der Waals surface area (Å²) < 4.78 is 0. The van der Waals surface area contributed by atoms with Crippen molar-refractivity contribution >= 4 is 12.0 Å². The van der Waals surface area contributed by atoms with Gasteiger partial charge in [0.2, 0.25) is 0 Å². The number of carbonyl (C=O) groups is 1. The van der Waals surface area contributed by atoms with Gasteiger partial charge in [0.15, 0.2) is 0 Å². The van der Waals surface area contributed by atoms with Gasteiger partial charge in [-0.15, -0.1) is 0 Å². The zero-order valence-corrected chi connectivity index (χ0v) is 15.1. The number of aromatic nitrogens is 1. The molecule has 3 rings (SSSR count). The number of rotatable bonds is 5. The summed E-state index contributed by atoms with van der Waals surface area (Å²) in [6, 6.07) is 8.50. The number of pyridine rings is 1. The Balaban J connectivity index is 1.95. The van der Waals surface area contributed by atoms with E-state index in [4.69, 9.17) is 0 Å². The highest BCUT2D eigenvalue weighted by Crippen LogP contribution is 2.34. The van der Waals surface area contributed by atoms with Crippen LogP contribution in [0.2, 0.25) is 0 Å². The summed E-state index contributed by atoms with van der Waals surface area (Å²) >= 11 is 0. The Morgan fingerprint density at radius 1 is 1.28 bits per heavy atom. The van der Waals surface area contributed by atoms with Gasteiger partial charge in [-0.1, -0.05) is 19.9 Å². The van der Waals surface area contributed by atoms with Gasteiger partial charge in [-0.2, -0.15) is 0 Å². The van der Waals surface area contributed by atoms with E-state index in [1.165, 1.54) is 5.56 Å². The van der Waals surface area contributed by atoms with Crippen LogP contribution in [-0.2, 0) is 11.2 Å². The van der Waals surface area contributed by atoms with Crippen LogP contribution in [0.4, 0.5) is 5.69 Å². The molecular weight excluding hydrogens is 312 g/mol. The number of anilines is 1. The minimum Gasteiger partial charge on any atom is -0.396 e. The van der Waals surface area contributed by atoms with Crippen LogP contribution < -0.4 is 4.90 Å². The lowest BCUT2D eigenvalue weighted by atomic mass is 9.88. The quantitative estimate of drug-likeness (QED) is 0.849. The lowest BCUT2D eigenvalue weighted by Gasteiger charge is -2.33. The fourth-order valence-corrected chi connectivity index (χ4v) is 3.66. The van der Waals surface area contributed by atoms with Crippen LogP contribution in [0.1, 0.15) is 37.3 Å². The molecule has 0 bridgehead atoms. The summed E-state index contributed by atoms with van der Waals surface area (Å²) in [7, 11) is 1.98. The van der Waals surface area contributed by atoms with Gasteiger partial charge in [0.1, 0.15) is 6.29 Å². The normalized spacial score (nSPS) is 18.1. The van der Waals surface area contributed by atoms with Crippen molar-refractivity contribution in [2.45, 2.75) is 38.6 Å². The van der Waals surface area contributed by atoms with Crippen molar-refractivity contribution < 1.29 is 9.90 Å². The topological polar surface area (TPSA) is 53.4 Å². The Kier molecular flexibility index (Phi) is 5.19. The van der Waals surface area contributed by atoms with E-state index in [0.717, 1.165) is 41.5 Å². The molecule has 4 nitrogen and oxygen atoms in total. The predicted octanol–water partition coefficient (Wildman–Crippen LogP) is 3.43. The van der Waals surface area contributed by atoms with Crippen LogP contribution in [0.5, 0.6) is 0 Å². The molecule has 0 radical (unpaired) electrons. The second-order valence-electron chi connectivity index (χ2n) is 7.24. The number of carbonyl (C=O) groups excluding carboxylic acids is 1. The van der Waals surface area contributed by atoms with Crippen molar-refractivity contribution in [2.75, 3.05) is 18.6 Å². The highest BCUT2D eigenvalue weighted by molar-refractivity contribution is 5.74. The number of likely N-dealkylation sites (N-methyl/N-ethyl adjacent to an activating group) is 1. The molecule has 2 atom stereocenters. The third-order valence-electron chi connectivity index (χ3n) is 5.35. The zero-order valence-electron chi connectivity index (χ0n) is 15.1. The summed E-state index contributed by atoms with van der Waals surface area (Å²) in [5, 5.41) is 9.69. The third-order valence-corrected chi connectivity index (χ3v) is 5.35. The molecule has 0 spiro atoms. The number of aldehydes is 1. The Bertz CT molecular complexity index is 757. The molecule has 1 aliphatic heterocycles. The lowest BCUT2D eigenvalue weighted by molar-refractivity contribution is -0.109. The molecule has 1 N–H and O–H groups in total. The molecule has 25 heavy (non-hydrogen) atoms. The van der Waals surface area contributed by atoms with Crippen molar-refractivity contribution in [2.24, 2.45) is 5.92 Å². The van der Waals surface area contributed by atoms with Crippen molar-refractivity contribution in [3.05, 3.63) is 47.8 Å². The maximum absolute atomic E-state index is 11.2. The number of hydrogen-bond donors (Lipinski definition) is 1. The van der Waals surface area contributed by atoms with Crippen molar-refractivity contribution in [3.63, 3.8) is 0 Å². The highest BCUT2D eigenvalue weighted by Gasteiger charge is 2.23. The molecule has 0 amide bonds. The van der Waals surface area contributed by atoms with E-state index < -0.39 is 0 Å². The van der Waals surface area contributed by atoms with E-state index in [0.29, 0.717) is 5.92 Å². The molecule has 0 saturated carbocycles. The van der Waals surface area contributed by atoms with E-state index in [1.54, 1.807) is 0 Å². The molecule has 132 valence electrons. The summed E-state index contributed by atoms with van der Waals surface area (Å²) in [6.45, 7) is 4.36. The summed E-state index contributed by atoms with van der Waals surface area (Å²) in [6.07, 6.45) is 6.53. The fourth-order valence-electron chi connectivity index (χ4n) is 3.66. The minimum atomic E-state index is -0.0281. The standard InChI is InChI=1S/C21H26N2O2/c1-14(2)20(13-25)18-9-17(10-22-11-18)15-5-7-21-16(8-15)4-6-19(12-24)23(21)3/h5,7-12,14,19-20,25H,4,6,13H2,1-3H3/t19?,20-/m1/s1. The van der Waals surface area contributed by atoms with E-state index >= 15 is 0 Å². The van der Waals surface area contributed by atoms with E-state index in [9.17, 15) is 9.90 Å². The number of aliphatic hydroxyl groups is 1. The van der Waals surface area contributed by atoms with E-state index in [-0.39, 0.29) is 18.6 Å². The second-order valence-corrected chi connectivity index (χ2v) is 7.24. The molecule has 1 unspecified atom stereocenters. The van der Waals surface area contributed by atoms with Crippen LogP contribution in [0.3, 0.4) is 0 Å². The molecule has 0 fully saturated rings. The number of aryl methyl sites for hydroxylation is 1. The van der Waals surface area contributed by atoms with Gasteiger partial charge in [-0.25, -0.2) is 0 Å². The summed E-state index contributed by atoms with van der Waals surface area (Å²) in [4.78, 5) is 17.6. The van der Waals surface area contributed by atoms with Crippen LogP contribution in [0.15, 0.2) is 36.7 Å². The Morgan fingerprint density at radius 3 is 2.76 bits per heavy atom. The van der Waals surface area contributed by atoms with Gasteiger partial charge in [0.05, 0.1) is 12.6 Å². The van der Waals surface area contributed by atoms with Crippen molar-refractivity contribution in [1.82, 2.24) is 4.98 Å². The molecule has 1 aromatic heterocycles. The van der Waals surface area contributed by atoms with Crippen LogP contribution >= 0.6 is 0 Å². The van der Waals surface area contributed by atoms with Crippen LogP contribution in [0.25, 0.3) is 11.1 Å². The van der Waals surface area contributed by atoms with Crippen LogP contribution in [-0.4, -0.2) is 36.1 Å². The van der Waals surface area contributed by atoms with E-state index in [1.807, 2.05) is 19.4 Å². The first-order chi connectivity index (χ1) is 12.0. The van der Waals surface area contributed by atoms with Crippen molar-refractivity contribution in [3.8, 4) is 11.1 Å². The molecule has 0 aliphatic carbocycles. The highest BCUT2D eigenvalue weighted by atomic mass is 16.3. The molecule has 4 heteroatoms. The predicted molar refractivity (Wildman–Crippen MR) is 101 cm³/mol. The first kappa shape index (κ1) is 17.6. The monoisotopic (exact) mass is 338 g/mol. The number of nitrogens with zero attached hydrogens (tertiary/aromatic N) is 2. The Hall–Kier alpha value is -2.20. The zero-order chi connectivity index (χ0) is 18.0. The minimum absolute atomic E-state index is 0.0281. The van der Waals surface area contributed by atoms with Crippen molar-refractivity contribution in [1.29, 1.82) is 0 Å². The molecule has 1 aromatic carbocycles. The molecule has 2 heterocycles. The number of fused-ring (bicyclic) bond motifs is 1. The van der Waals surface area contributed by atoms with Crippen LogP contribution in [0, 0.1) is 5.92 Å².